The number of nitrogens with two attached hydrogens (primary N) is 1. The van der Waals surface area contributed by atoms with Gasteiger partial charge in [0, 0.05) is 31.5 Å². The summed E-state index contributed by atoms with van der Waals surface area (Å²) in [5, 5.41) is 12.2. The quantitative estimate of drug-likeness (QED) is 0.476. The largest absolute Gasteiger partial charge is 0.390 e. The van der Waals surface area contributed by atoms with E-state index in [0.717, 1.165) is 12.2 Å². The fraction of sp³-hybridized carbons (Fsp3) is 0.500. The monoisotopic (exact) mass is 169 g/mol. The van der Waals surface area contributed by atoms with Gasteiger partial charge in [0.1, 0.15) is 0 Å². The Bertz CT molecular complexity index is 198. The summed E-state index contributed by atoms with van der Waals surface area (Å²) in [4.78, 5) is 3.05. The molecule has 1 heterocycles. The lowest BCUT2D eigenvalue weighted by atomic mass is 10.3. The van der Waals surface area contributed by atoms with Crippen LogP contribution in [-0.4, -0.2) is 29.3 Å². The molecule has 0 fully saturated rings. The molecule has 0 spiro atoms. The van der Waals surface area contributed by atoms with Crippen molar-refractivity contribution in [2.24, 2.45) is 5.73 Å². The summed E-state index contributed by atoms with van der Waals surface area (Å²) in [6.45, 7) is 1.58. The summed E-state index contributed by atoms with van der Waals surface area (Å²) >= 11 is 0. The Labute approximate surface area is 71.8 Å². The van der Waals surface area contributed by atoms with Crippen LogP contribution in [0.4, 0.5) is 0 Å². The lowest BCUT2D eigenvalue weighted by Crippen LogP contribution is -2.32. The van der Waals surface area contributed by atoms with E-state index < -0.39 is 6.10 Å². The maximum atomic E-state index is 9.09. The highest BCUT2D eigenvalue weighted by molar-refractivity contribution is 5.02. The number of nitrogens with one attached hydrogen (secondary N) is 2. The Morgan fingerprint density at radius 3 is 3.08 bits per heavy atom. The number of rotatable bonds is 5. The van der Waals surface area contributed by atoms with Crippen LogP contribution in [0, 0.1) is 0 Å². The first-order chi connectivity index (χ1) is 5.83. The minimum absolute atomic E-state index is 0.303. The minimum atomic E-state index is -0.444. The number of aliphatic hydroxyl groups is 1. The summed E-state index contributed by atoms with van der Waals surface area (Å²) in [6, 6.07) is 3.93. The van der Waals surface area contributed by atoms with Gasteiger partial charge in [-0.1, -0.05) is 0 Å². The summed E-state index contributed by atoms with van der Waals surface area (Å²) in [7, 11) is 0. The predicted molar refractivity (Wildman–Crippen MR) is 47.6 cm³/mol. The molecule has 5 N–H and O–H groups in total. The van der Waals surface area contributed by atoms with Gasteiger partial charge >= 0.3 is 0 Å². The predicted octanol–water partition coefficient (Wildman–Crippen LogP) is -0.576. The first-order valence-electron chi connectivity index (χ1n) is 4.04. The van der Waals surface area contributed by atoms with Crippen LogP contribution >= 0.6 is 0 Å². The summed E-state index contributed by atoms with van der Waals surface area (Å²) in [6.07, 6.45) is 1.43. The van der Waals surface area contributed by atoms with Gasteiger partial charge in [-0.25, -0.2) is 0 Å². The molecule has 0 radical (unpaired) electrons. The van der Waals surface area contributed by atoms with Crippen LogP contribution in [0.1, 0.15) is 5.69 Å². The van der Waals surface area contributed by atoms with E-state index in [-0.39, 0.29) is 0 Å². The number of hydrogen-bond acceptors (Lipinski definition) is 3. The van der Waals surface area contributed by atoms with Gasteiger partial charge in [0.2, 0.25) is 0 Å². The molecule has 0 saturated carbocycles. The maximum absolute atomic E-state index is 9.09. The van der Waals surface area contributed by atoms with Crippen molar-refractivity contribution in [3.63, 3.8) is 0 Å². The number of aliphatic hydroxyl groups excluding tert-OH is 1. The van der Waals surface area contributed by atoms with E-state index in [4.69, 9.17) is 10.8 Å². The van der Waals surface area contributed by atoms with E-state index in [1.165, 1.54) is 0 Å². The molecule has 1 unspecified atom stereocenters. The lowest BCUT2D eigenvalue weighted by molar-refractivity contribution is 0.179. The molecule has 1 atom stereocenters. The zero-order chi connectivity index (χ0) is 8.81. The second-order valence-corrected chi connectivity index (χ2v) is 2.72. The summed E-state index contributed by atoms with van der Waals surface area (Å²) in [5.74, 6) is 0. The molecule has 4 nitrogen and oxygen atoms in total. The molecule has 0 bridgehead atoms. The van der Waals surface area contributed by atoms with Crippen molar-refractivity contribution < 1.29 is 5.11 Å². The number of aromatic nitrogens is 1. The molecule has 0 aliphatic carbocycles. The highest BCUT2D eigenvalue weighted by Crippen LogP contribution is 1.92. The molecule has 12 heavy (non-hydrogen) atoms. The maximum Gasteiger partial charge on any atom is 0.0786 e. The van der Waals surface area contributed by atoms with Crippen LogP contribution in [0.25, 0.3) is 0 Å². The number of aromatic amines is 1. The summed E-state index contributed by atoms with van der Waals surface area (Å²) < 4.78 is 0. The topological polar surface area (TPSA) is 74.1 Å². The molecule has 1 aromatic rings. The first-order valence-corrected chi connectivity index (χ1v) is 4.04. The average Bonchev–Trinajstić information content (AvgIpc) is 2.57. The fourth-order valence-corrected chi connectivity index (χ4v) is 0.934. The van der Waals surface area contributed by atoms with Gasteiger partial charge in [-0.15, -0.1) is 0 Å². The molecule has 68 valence electrons. The Morgan fingerprint density at radius 1 is 1.67 bits per heavy atom. The lowest BCUT2D eigenvalue weighted by Gasteiger charge is -2.07. The van der Waals surface area contributed by atoms with Crippen LogP contribution in [0.15, 0.2) is 18.3 Å². The Hall–Kier alpha value is -0.840. The van der Waals surface area contributed by atoms with Crippen molar-refractivity contribution >= 4 is 0 Å². The van der Waals surface area contributed by atoms with Crippen molar-refractivity contribution in [1.29, 1.82) is 0 Å². The fourth-order valence-electron chi connectivity index (χ4n) is 0.934. The van der Waals surface area contributed by atoms with Crippen LogP contribution in [0.2, 0.25) is 0 Å². The zero-order valence-corrected chi connectivity index (χ0v) is 6.96. The van der Waals surface area contributed by atoms with Gasteiger partial charge in [0.05, 0.1) is 6.10 Å². The standard InChI is InChI=1S/C8H15N3O/c9-4-8(12)6-10-5-7-2-1-3-11-7/h1-3,8,10-12H,4-6,9H2. The van der Waals surface area contributed by atoms with Crippen molar-refractivity contribution in [3.8, 4) is 0 Å². The molecule has 0 aliphatic heterocycles. The molecule has 0 aromatic carbocycles. The van der Waals surface area contributed by atoms with Crippen LogP contribution in [0.5, 0.6) is 0 Å². The highest BCUT2D eigenvalue weighted by atomic mass is 16.3. The molecular formula is C8H15N3O. The molecule has 1 aromatic heterocycles. The van der Waals surface area contributed by atoms with Gasteiger partial charge in [-0.2, -0.15) is 0 Å². The van der Waals surface area contributed by atoms with Crippen molar-refractivity contribution in [2.45, 2.75) is 12.6 Å². The smallest absolute Gasteiger partial charge is 0.0786 e. The van der Waals surface area contributed by atoms with E-state index in [0.29, 0.717) is 13.1 Å². The van der Waals surface area contributed by atoms with Gasteiger partial charge in [-0.3, -0.25) is 0 Å². The van der Waals surface area contributed by atoms with Crippen LogP contribution in [-0.2, 0) is 6.54 Å². The summed E-state index contributed by atoms with van der Waals surface area (Å²) in [5.41, 5.74) is 6.34. The molecule has 4 heteroatoms. The molecule has 0 amide bonds. The minimum Gasteiger partial charge on any atom is -0.390 e. The third-order valence-corrected chi connectivity index (χ3v) is 1.63. The van der Waals surface area contributed by atoms with Crippen molar-refractivity contribution in [3.05, 3.63) is 24.0 Å². The molecule has 0 aliphatic rings. The van der Waals surface area contributed by atoms with Crippen molar-refractivity contribution in [1.82, 2.24) is 10.3 Å². The Morgan fingerprint density at radius 2 is 2.50 bits per heavy atom. The Balaban J connectivity index is 2.11. The highest BCUT2D eigenvalue weighted by Gasteiger charge is 1.99. The van der Waals surface area contributed by atoms with Crippen LogP contribution in [0.3, 0.4) is 0 Å². The Kier molecular flexibility index (Phi) is 3.79. The SMILES string of the molecule is NCC(O)CNCc1ccc[nH]1. The number of hydrogen-bond donors (Lipinski definition) is 4. The van der Waals surface area contributed by atoms with Gasteiger partial charge < -0.3 is 21.1 Å². The first kappa shape index (κ1) is 9.25. The van der Waals surface area contributed by atoms with E-state index in [1.54, 1.807) is 0 Å². The van der Waals surface area contributed by atoms with Gasteiger partial charge in [-0.05, 0) is 12.1 Å². The van der Waals surface area contributed by atoms with Crippen LogP contribution < -0.4 is 11.1 Å². The van der Waals surface area contributed by atoms with Gasteiger partial charge in [0.25, 0.3) is 0 Å². The normalized spacial score (nSPS) is 13.2. The number of H-pyrrole nitrogens is 1. The van der Waals surface area contributed by atoms with E-state index in [9.17, 15) is 0 Å². The second kappa shape index (κ2) is 4.92. The average molecular weight is 169 g/mol. The molecular weight excluding hydrogens is 154 g/mol. The third-order valence-electron chi connectivity index (χ3n) is 1.63. The van der Waals surface area contributed by atoms with E-state index in [2.05, 4.69) is 10.3 Å². The zero-order valence-electron chi connectivity index (χ0n) is 6.96. The third kappa shape index (κ3) is 3.04. The molecule has 0 saturated heterocycles. The van der Waals surface area contributed by atoms with E-state index >= 15 is 0 Å². The van der Waals surface area contributed by atoms with Gasteiger partial charge in [0.15, 0.2) is 0 Å². The second-order valence-electron chi connectivity index (χ2n) is 2.72. The molecule has 1 rings (SSSR count). The van der Waals surface area contributed by atoms with E-state index in [1.807, 2.05) is 18.3 Å². The van der Waals surface area contributed by atoms with Crippen molar-refractivity contribution in [2.75, 3.05) is 13.1 Å².